The van der Waals surface area contributed by atoms with Gasteiger partial charge in [-0.2, -0.15) is 0 Å². The number of esters is 1. The standard InChI is InChI=1S/C21H21FO4/c1-5-24-21(23)19-16-11-17(25-12(2)3)13(4)10-18(16)26-20(19)14-6-8-15(22)9-7-14/h6-12H,5H2,1-4H3. The van der Waals surface area contributed by atoms with Gasteiger partial charge in [-0.25, -0.2) is 9.18 Å². The molecule has 0 unspecified atom stereocenters. The molecule has 1 heterocycles. The Hall–Kier alpha value is -2.82. The largest absolute Gasteiger partial charge is 0.491 e. The number of carbonyl (C=O) groups excluding carboxylic acids is 1. The zero-order valence-electron chi connectivity index (χ0n) is 15.3. The molecule has 4 nitrogen and oxygen atoms in total. The van der Waals surface area contributed by atoms with Crippen molar-refractivity contribution in [2.45, 2.75) is 33.8 Å². The van der Waals surface area contributed by atoms with Gasteiger partial charge in [0.15, 0.2) is 0 Å². The lowest BCUT2D eigenvalue weighted by Crippen LogP contribution is -2.07. The summed E-state index contributed by atoms with van der Waals surface area (Å²) in [5.41, 5.74) is 2.39. The van der Waals surface area contributed by atoms with Crippen LogP contribution in [0.5, 0.6) is 5.75 Å². The zero-order valence-corrected chi connectivity index (χ0v) is 15.3. The maximum Gasteiger partial charge on any atom is 0.342 e. The lowest BCUT2D eigenvalue weighted by Gasteiger charge is -2.12. The summed E-state index contributed by atoms with van der Waals surface area (Å²) in [4.78, 5) is 12.6. The number of fused-ring (bicyclic) bond motifs is 1. The van der Waals surface area contributed by atoms with Crippen LogP contribution in [0, 0.1) is 12.7 Å². The Balaban J connectivity index is 2.24. The average molecular weight is 356 g/mol. The van der Waals surface area contributed by atoms with Crippen LogP contribution in [0.4, 0.5) is 4.39 Å². The number of hydrogen-bond acceptors (Lipinski definition) is 4. The molecule has 0 spiro atoms. The van der Waals surface area contributed by atoms with Crippen molar-refractivity contribution in [2.75, 3.05) is 6.61 Å². The highest BCUT2D eigenvalue weighted by Gasteiger charge is 2.24. The van der Waals surface area contributed by atoms with Gasteiger partial charge < -0.3 is 13.9 Å². The van der Waals surface area contributed by atoms with E-state index in [4.69, 9.17) is 13.9 Å². The summed E-state index contributed by atoms with van der Waals surface area (Å²) in [7, 11) is 0. The maximum absolute atomic E-state index is 13.3. The molecule has 0 aliphatic heterocycles. The number of rotatable bonds is 5. The summed E-state index contributed by atoms with van der Waals surface area (Å²) in [6.45, 7) is 7.79. The van der Waals surface area contributed by atoms with Crippen LogP contribution in [0.25, 0.3) is 22.3 Å². The van der Waals surface area contributed by atoms with Gasteiger partial charge in [-0.1, -0.05) is 0 Å². The zero-order chi connectivity index (χ0) is 18.8. The summed E-state index contributed by atoms with van der Waals surface area (Å²) in [6.07, 6.45) is 0.000614. The van der Waals surface area contributed by atoms with E-state index in [1.165, 1.54) is 12.1 Å². The normalized spacial score (nSPS) is 11.2. The third kappa shape index (κ3) is 3.43. The van der Waals surface area contributed by atoms with Crippen LogP contribution < -0.4 is 4.74 Å². The van der Waals surface area contributed by atoms with Gasteiger partial charge in [0.2, 0.25) is 0 Å². The molecule has 0 bridgehead atoms. The number of aryl methyl sites for hydroxylation is 1. The number of carbonyl (C=O) groups is 1. The Morgan fingerprint density at radius 1 is 1.19 bits per heavy atom. The first-order valence-electron chi connectivity index (χ1n) is 8.57. The van der Waals surface area contributed by atoms with Crippen molar-refractivity contribution in [3.05, 3.63) is 53.3 Å². The van der Waals surface area contributed by atoms with Crippen LogP contribution in [0.1, 0.15) is 36.7 Å². The predicted molar refractivity (Wildman–Crippen MR) is 98.1 cm³/mol. The molecule has 1 aromatic heterocycles. The molecule has 2 aromatic carbocycles. The van der Waals surface area contributed by atoms with Crippen LogP contribution in [0.15, 0.2) is 40.8 Å². The van der Waals surface area contributed by atoms with E-state index in [9.17, 15) is 9.18 Å². The molecule has 3 rings (SSSR count). The van der Waals surface area contributed by atoms with Gasteiger partial charge in [0, 0.05) is 10.9 Å². The van der Waals surface area contributed by atoms with E-state index < -0.39 is 5.97 Å². The van der Waals surface area contributed by atoms with Crippen molar-refractivity contribution >= 4 is 16.9 Å². The third-order valence-corrected chi connectivity index (χ3v) is 3.93. The highest BCUT2D eigenvalue weighted by atomic mass is 19.1. The SMILES string of the molecule is CCOC(=O)c1c(-c2ccc(F)cc2)oc2cc(C)c(OC(C)C)cc12. The van der Waals surface area contributed by atoms with Gasteiger partial charge >= 0.3 is 5.97 Å². The Morgan fingerprint density at radius 3 is 2.50 bits per heavy atom. The minimum atomic E-state index is -0.482. The van der Waals surface area contributed by atoms with Crippen molar-refractivity contribution in [1.82, 2.24) is 0 Å². The van der Waals surface area contributed by atoms with E-state index in [1.807, 2.05) is 26.8 Å². The molecule has 5 heteroatoms. The second-order valence-corrected chi connectivity index (χ2v) is 6.31. The maximum atomic E-state index is 13.3. The molecule has 26 heavy (non-hydrogen) atoms. The van der Waals surface area contributed by atoms with Gasteiger partial charge in [-0.3, -0.25) is 0 Å². The third-order valence-electron chi connectivity index (χ3n) is 3.93. The van der Waals surface area contributed by atoms with Crippen molar-refractivity contribution in [1.29, 1.82) is 0 Å². The van der Waals surface area contributed by atoms with Crippen LogP contribution >= 0.6 is 0 Å². The minimum absolute atomic E-state index is 0.000614. The number of hydrogen-bond donors (Lipinski definition) is 0. The first-order chi connectivity index (χ1) is 12.4. The first-order valence-corrected chi connectivity index (χ1v) is 8.57. The second-order valence-electron chi connectivity index (χ2n) is 6.31. The van der Waals surface area contributed by atoms with Gasteiger partial charge in [0.1, 0.15) is 28.5 Å². The fourth-order valence-corrected chi connectivity index (χ4v) is 2.82. The molecule has 0 saturated heterocycles. The molecule has 0 fully saturated rings. The highest BCUT2D eigenvalue weighted by Crippen LogP contribution is 2.37. The summed E-state index contributed by atoms with van der Waals surface area (Å²) < 4.78 is 30.3. The summed E-state index contributed by atoms with van der Waals surface area (Å²) in [5.74, 6) is 0.208. The van der Waals surface area contributed by atoms with Gasteiger partial charge in [-0.15, -0.1) is 0 Å². The molecule has 3 aromatic rings. The molecule has 0 aliphatic rings. The van der Waals surface area contributed by atoms with Crippen molar-refractivity contribution in [3.63, 3.8) is 0 Å². The van der Waals surface area contributed by atoms with E-state index >= 15 is 0 Å². The lowest BCUT2D eigenvalue weighted by molar-refractivity contribution is 0.0529. The Bertz CT molecular complexity index is 939. The van der Waals surface area contributed by atoms with Crippen LogP contribution in [0.3, 0.4) is 0 Å². The number of ether oxygens (including phenoxy) is 2. The molecule has 0 aliphatic carbocycles. The molecule has 0 N–H and O–H groups in total. The lowest BCUT2D eigenvalue weighted by atomic mass is 10.0. The van der Waals surface area contributed by atoms with Crippen LogP contribution in [-0.2, 0) is 4.74 Å². The van der Waals surface area contributed by atoms with E-state index in [1.54, 1.807) is 25.1 Å². The Labute approximate surface area is 151 Å². The number of halogens is 1. The van der Waals surface area contributed by atoms with E-state index in [-0.39, 0.29) is 18.5 Å². The monoisotopic (exact) mass is 356 g/mol. The fraction of sp³-hybridized carbons (Fsp3) is 0.286. The van der Waals surface area contributed by atoms with Gasteiger partial charge in [0.05, 0.1) is 12.7 Å². The molecular weight excluding hydrogens is 335 g/mol. The molecule has 136 valence electrons. The molecule has 0 amide bonds. The topological polar surface area (TPSA) is 48.7 Å². The number of benzene rings is 2. The highest BCUT2D eigenvalue weighted by molar-refractivity contribution is 6.09. The Morgan fingerprint density at radius 2 is 1.88 bits per heavy atom. The first kappa shape index (κ1) is 18.0. The second kappa shape index (κ2) is 7.20. The average Bonchev–Trinajstić information content (AvgIpc) is 2.94. The van der Waals surface area contributed by atoms with E-state index in [0.717, 1.165) is 5.56 Å². The molecule has 0 atom stereocenters. The number of furan rings is 1. The summed E-state index contributed by atoms with van der Waals surface area (Å²) in [6, 6.07) is 9.45. The molecule has 0 radical (unpaired) electrons. The molecular formula is C21H21FO4. The summed E-state index contributed by atoms with van der Waals surface area (Å²) in [5, 5.41) is 0.615. The van der Waals surface area contributed by atoms with Gasteiger partial charge in [0.25, 0.3) is 0 Å². The van der Waals surface area contributed by atoms with Crippen molar-refractivity contribution in [3.8, 4) is 17.1 Å². The van der Waals surface area contributed by atoms with Crippen LogP contribution in [-0.4, -0.2) is 18.7 Å². The minimum Gasteiger partial charge on any atom is -0.491 e. The van der Waals surface area contributed by atoms with E-state index in [2.05, 4.69) is 0 Å². The smallest absolute Gasteiger partial charge is 0.342 e. The predicted octanol–water partition coefficient (Wildman–Crippen LogP) is 5.51. The van der Waals surface area contributed by atoms with Gasteiger partial charge in [-0.05, 0) is 69.7 Å². The van der Waals surface area contributed by atoms with Crippen molar-refractivity contribution < 1.29 is 23.1 Å². The fourth-order valence-electron chi connectivity index (χ4n) is 2.82. The Kier molecular flexibility index (Phi) is 4.98. The molecule has 0 saturated carbocycles. The summed E-state index contributed by atoms with van der Waals surface area (Å²) >= 11 is 0. The van der Waals surface area contributed by atoms with E-state index in [0.29, 0.717) is 33.6 Å². The van der Waals surface area contributed by atoms with Crippen molar-refractivity contribution in [2.24, 2.45) is 0 Å². The van der Waals surface area contributed by atoms with Crippen LogP contribution in [0.2, 0.25) is 0 Å². The quantitative estimate of drug-likeness (QED) is 0.566.